The third-order valence-corrected chi connectivity index (χ3v) is 5.00. The van der Waals surface area contributed by atoms with Crippen molar-refractivity contribution in [1.29, 1.82) is 0 Å². The van der Waals surface area contributed by atoms with Gasteiger partial charge in [0.15, 0.2) is 0 Å². The first kappa shape index (κ1) is 21.0. The molecule has 0 bridgehead atoms. The molecule has 2 atom stereocenters. The number of hydrogen-bond acceptors (Lipinski definition) is 3. The first-order valence-electron chi connectivity index (χ1n) is 9.76. The molecule has 2 aromatic carbocycles. The summed E-state index contributed by atoms with van der Waals surface area (Å²) in [6.07, 6.45) is 1.46. The Morgan fingerprint density at radius 3 is 2.22 bits per heavy atom. The van der Waals surface area contributed by atoms with Crippen LogP contribution >= 0.6 is 0 Å². The van der Waals surface area contributed by atoms with E-state index in [1.165, 1.54) is 5.56 Å². The van der Waals surface area contributed by atoms with E-state index in [1.54, 1.807) is 7.11 Å². The molecule has 0 heterocycles. The highest BCUT2D eigenvalue weighted by Crippen LogP contribution is 2.43. The number of carbonyl (C=O) groups is 1. The average molecular weight is 369 g/mol. The van der Waals surface area contributed by atoms with Crippen molar-refractivity contribution < 1.29 is 14.3 Å². The van der Waals surface area contributed by atoms with Crippen LogP contribution in [0.1, 0.15) is 57.6 Å². The first-order valence-corrected chi connectivity index (χ1v) is 9.76. The quantitative estimate of drug-likeness (QED) is 0.522. The summed E-state index contributed by atoms with van der Waals surface area (Å²) in [4.78, 5) is 12.9. The maximum Gasteiger partial charge on any atom is 0.311 e. The highest BCUT2D eigenvalue weighted by Gasteiger charge is 2.39. The van der Waals surface area contributed by atoms with Crippen LogP contribution in [0.3, 0.4) is 0 Å². The lowest BCUT2D eigenvalue weighted by Crippen LogP contribution is -2.33. The fraction of sp³-hybridized carbons (Fsp3) is 0.458. The number of methoxy groups -OCH3 is 1. The van der Waals surface area contributed by atoms with Crippen molar-refractivity contribution >= 4 is 5.97 Å². The van der Waals surface area contributed by atoms with Crippen molar-refractivity contribution in [2.75, 3.05) is 13.7 Å². The zero-order valence-corrected chi connectivity index (χ0v) is 17.2. The fourth-order valence-electron chi connectivity index (χ4n) is 3.95. The summed E-state index contributed by atoms with van der Waals surface area (Å²) in [5, 5.41) is 0. The van der Waals surface area contributed by atoms with Crippen LogP contribution in [0.4, 0.5) is 0 Å². The molecule has 0 saturated heterocycles. The van der Waals surface area contributed by atoms with Gasteiger partial charge in [-0.2, -0.15) is 0 Å². The van der Waals surface area contributed by atoms with Crippen molar-refractivity contribution in [2.45, 2.75) is 46.5 Å². The topological polar surface area (TPSA) is 35.5 Å². The van der Waals surface area contributed by atoms with Crippen molar-refractivity contribution in [3.63, 3.8) is 0 Å². The van der Waals surface area contributed by atoms with Gasteiger partial charge in [0.25, 0.3) is 0 Å². The lowest BCUT2D eigenvalue weighted by molar-refractivity contribution is -0.156. The molecule has 146 valence electrons. The summed E-state index contributed by atoms with van der Waals surface area (Å²) in [5.41, 5.74) is 1.72. The van der Waals surface area contributed by atoms with Gasteiger partial charge in [-0.1, -0.05) is 62.4 Å². The second-order valence-corrected chi connectivity index (χ2v) is 7.79. The van der Waals surface area contributed by atoms with Gasteiger partial charge in [0.2, 0.25) is 0 Å². The molecule has 0 aromatic heterocycles. The SMILES string of the molecule is CCOC(=O)C(C)(CC(C)C)CC(c1ccccc1)c1ccccc1OC. The van der Waals surface area contributed by atoms with E-state index in [1.807, 2.05) is 50.2 Å². The molecule has 0 radical (unpaired) electrons. The predicted octanol–water partition coefficient (Wildman–Crippen LogP) is 5.83. The van der Waals surface area contributed by atoms with E-state index in [9.17, 15) is 4.79 Å². The monoisotopic (exact) mass is 368 g/mol. The Labute approximate surface area is 163 Å². The molecule has 2 unspecified atom stereocenters. The van der Waals surface area contributed by atoms with Gasteiger partial charge in [0.1, 0.15) is 5.75 Å². The summed E-state index contributed by atoms with van der Waals surface area (Å²) in [5.74, 6) is 1.18. The van der Waals surface area contributed by atoms with Crippen LogP contribution in [-0.4, -0.2) is 19.7 Å². The number of esters is 1. The van der Waals surface area contributed by atoms with Gasteiger partial charge in [0, 0.05) is 11.5 Å². The Kier molecular flexibility index (Phi) is 7.46. The minimum atomic E-state index is -0.564. The van der Waals surface area contributed by atoms with E-state index in [2.05, 4.69) is 32.0 Å². The molecule has 0 aliphatic heterocycles. The summed E-state index contributed by atoms with van der Waals surface area (Å²) in [6.45, 7) is 8.60. The Morgan fingerprint density at radius 1 is 1.00 bits per heavy atom. The molecular formula is C24H32O3. The van der Waals surface area contributed by atoms with Crippen molar-refractivity contribution in [2.24, 2.45) is 11.3 Å². The highest BCUT2D eigenvalue weighted by atomic mass is 16.5. The molecule has 0 saturated carbocycles. The molecule has 0 spiro atoms. The molecule has 0 fully saturated rings. The molecule has 27 heavy (non-hydrogen) atoms. The molecule has 2 rings (SSSR count). The normalized spacial score (nSPS) is 14.4. The summed E-state index contributed by atoms with van der Waals surface area (Å²) >= 11 is 0. The first-order chi connectivity index (χ1) is 12.9. The predicted molar refractivity (Wildman–Crippen MR) is 110 cm³/mol. The van der Waals surface area contributed by atoms with Gasteiger partial charge in [-0.05, 0) is 44.2 Å². The maximum absolute atomic E-state index is 12.9. The molecule has 3 nitrogen and oxygen atoms in total. The van der Waals surface area contributed by atoms with Crippen molar-refractivity contribution in [3.05, 3.63) is 65.7 Å². The zero-order chi connectivity index (χ0) is 19.9. The maximum atomic E-state index is 12.9. The van der Waals surface area contributed by atoms with Crippen LogP contribution in [0.25, 0.3) is 0 Å². The molecule has 0 aliphatic rings. The van der Waals surface area contributed by atoms with Gasteiger partial charge < -0.3 is 9.47 Å². The molecular weight excluding hydrogens is 336 g/mol. The second-order valence-electron chi connectivity index (χ2n) is 7.79. The molecule has 2 aromatic rings. The van der Waals surface area contributed by atoms with Gasteiger partial charge in [-0.15, -0.1) is 0 Å². The van der Waals surface area contributed by atoms with E-state index in [0.29, 0.717) is 18.9 Å². The number of benzene rings is 2. The lowest BCUT2D eigenvalue weighted by Gasteiger charge is -2.33. The Morgan fingerprint density at radius 2 is 1.63 bits per heavy atom. The zero-order valence-electron chi connectivity index (χ0n) is 17.2. The minimum Gasteiger partial charge on any atom is -0.496 e. The standard InChI is InChI=1S/C24H32O3/c1-6-27-23(25)24(4,16-18(2)3)17-21(19-12-8-7-9-13-19)20-14-10-11-15-22(20)26-5/h7-15,18,21H,6,16-17H2,1-5H3. The number of rotatable bonds is 9. The van der Waals surface area contributed by atoms with Gasteiger partial charge in [0.05, 0.1) is 19.1 Å². The third kappa shape index (κ3) is 5.35. The van der Waals surface area contributed by atoms with Crippen LogP contribution in [-0.2, 0) is 9.53 Å². The number of hydrogen-bond donors (Lipinski definition) is 0. The molecule has 0 amide bonds. The Hall–Kier alpha value is -2.29. The van der Waals surface area contributed by atoms with Crippen LogP contribution in [0.2, 0.25) is 0 Å². The molecule has 0 aliphatic carbocycles. The molecule has 0 N–H and O–H groups in total. The summed E-state index contributed by atoms with van der Waals surface area (Å²) in [6, 6.07) is 18.4. The van der Waals surface area contributed by atoms with Crippen LogP contribution in [0.15, 0.2) is 54.6 Å². The van der Waals surface area contributed by atoms with Crippen molar-refractivity contribution in [3.8, 4) is 5.75 Å². The minimum absolute atomic E-state index is 0.0514. The summed E-state index contributed by atoms with van der Waals surface area (Å²) < 4.78 is 11.1. The number of ether oxygens (including phenoxy) is 2. The van der Waals surface area contributed by atoms with Gasteiger partial charge in [-0.3, -0.25) is 4.79 Å². The third-order valence-electron chi connectivity index (χ3n) is 5.00. The van der Waals surface area contributed by atoms with E-state index >= 15 is 0 Å². The Balaban J connectivity index is 2.50. The van der Waals surface area contributed by atoms with Crippen LogP contribution < -0.4 is 4.74 Å². The van der Waals surface area contributed by atoms with Crippen LogP contribution in [0.5, 0.6) is 5.75 Å². The number of carbonyl (C=O) groups excluding carboxylic acids is 1. The largest absolute Gasteiger partial charge is 0.496 e. The highest BCUT2D eigenvalue weighted by molar-refractivity contribution is 5.76. The number of para-hydroxylation sites is 1. The summed E-state index contributed by atoms with van der Waals surface area (Å²) in [7, 11) is 1.69. The van der Waals surface area contributed by atoms with E-state index in [0.717, 1.165) is 17.7 Å². The smallest absolute Gasteiger partial charge is 0.311 e. The van der Waals surface area contributed by atoms with E-state index in [4.69, 9.17) is 9.47 Å². The van der Waals surface area contributed by atoms with Gasteiger partial charge in [-0.25, -0.2) is 0 Å². The van der Waals surface area contributed by atoms with E-state index < -0.39 is 5.41 Å². The lowest BCUT2D eigenvalue weighted by atomic mass is 9.71. The van der Waals surface area contributed by atoms with Crippen LogP contribution in [0, 0.1) is 11.3 Å². The Bertz CT molecular complexity index is 723. The van der Waals surface area contributed by atoms with Gasteiger partial charge >= 0.3 is 5.97 Å². The average Bonchev–Trinajstić information content (AvgIpc) is 2.66. The molecule has 3 heteroatoms. The van der Waals surface area contributed by atoms with E-state index in [-0.39, 0.29) is 11.9 Å². The fourth-order valence-corrected chi connectivity index (χ4v) is 3.95. The second kappa shape index (κ2) is 9.59. The van der Waals surface area contributed by atoms with Crippen molar-refractivity contribution in [1.82, 2.24) is 0 Å².